The van der Waals surface area contributed by atoms with Crippen molar-refractivity contribution < 1.29 is 9.72 Å². The molecule has 0 saturated carbocycles. The highest BCUT2D eigenvalue weighted by Crippen LogP contribution is 2.27. The molecule has 26 heavy (non-hydrogen) atoms. The van der Waals surface area contributed by atoms with E-state index in [1.165, 1.54) is 35.4 Å². The first kappa shape index (κ1) is 18.3. The molecule has 0 aromatic heterocycles. The first-order valence-electron chi connectivity index (χ1n) is 8.62. The van der Waals surface area contributed by atoms with Gasteiger partial charge in [0.25, 0.3) is 5.69 Å². The molecule has 6 nitrogen and oxygen atoms in total. The summed E-state index contributed by atoms with van der Waals surface area (Å²) in [5.41, 5.74) is 3.33. The molecule has 2 aromatic rings. The summed E-state index contributed by atoms with van der Waals surface area (Å²) in [4.78, 5) is 23.6. The molecule has 2 N–H and O–H groups in total. The van der Waals surface area contributed by atoms with Crippen LogP contribution in [0.5, 0.6) is 0 Å². The summed E-state index contributed by atoms with van der Waals surface area (Å²) in [6.45, 7) is 0.843. The molecule has 0 saturated heterocycles. The number of para-hydroxylation sites is 2. The van der Waals surface area contributed by atoms with Gasteiger partial charge in [-0.1, -0.05) is 18.2 Å². The molecule has 0 heterocycles. The van der Waals surface area contributed by atoms with Crippen molar-refractivity contribution >= 4 is 29.0 Å². The lowest BCUT2D eigenvalue weighted by Gasteiger charge is -2.09. The minimum absolute atomic E-state index is 0.0333. The van der Waals surface area contributed by atoms with Crippen LogP contribution >= 0.6 is 11.8 Å². The zero-order valence-electron chi connectivity index (χ0n) is 14.4. The lowest BCUT2D eigenvalue weighted by molar-refractivity contribution is -0.384. The topological polar surface area (TPSA) is 84.3 Å². The van der Waals surface area contributed by atoms with Crippen molar-refractivity contribution in [2.24, 2.45) is 0 Å². The van der Waals surface area contributed by atoms with E-state index in [0.29, 0.717) is 24.5 Å². The van der Waals surface area contributed by atoms with Gasteiger partial charge in [0.1, 0.15) is 5.69 Å². The normalized spacial score (nSPS) is 12.5. The summed E-state index contributed by atoms with van der Waals surface area (Å²) in [6.07, 6.45) is 3.51. The molecular formula is C19H21N3O3S. The van der Waals surface area contributed by atoms with Crippen molar-refractivity contribution in [3.63, 3.8) is 0 Å². The van der Waals surface area contributed by atoms with E-state index in [1.54, 1.807) is 18.2 Å². The Morgan fingerprint density at radius 3 is 2.77 bits per heavy atom. The Bertz CT molecular complexity index is 810. The summed E-state index contributed by atoms with van der Waals surface area (Å²) < 4.78 is 0. The van der Waals surface area contributed by atoms with Gasteiger partial charge in [-0.2, -0.15) is 0 Å². The molecule has 0 aliphatic heterocycles. The summed E-state index contributed by atoms with van der Waals surface area (Å²) in [7, 11) is 0. The van der Waals surface area contributed by atoms with Crippen LogP contribution in [-0.2, 0) is 17.6 Å². The number of hydrogen-bond donors (Lipinski definition) is 2. The average Bonchev–Trinajstić information content (AvgIpc) is 3.11. The van der Waals surface area contributed by atoms with Gasteiger partial charge >= 0.3 is 0 Å². The fourth-order valence-electron chi connectivity index (χ4n) is 3.02. The van der Waals surface area contributed by atoms with Gasteiger partial charge in [-0.15, -0.1) is 11.8 Å². The van der Waals surface area contributed by atoms with E-state index in [2.05, 4.69) is 28.8 Å². The molecule has 1 aliphatic carbocycles. The van der Waals surface area contributed by atoms with Gasteiger partial charge in [0.2, 0.25) is 5.91 Å². The second-order valence-corrected chi connectivity index (χ2v) is 7.17. The van der Waals surface area contributed by atoms with E-state index in [9.17, 15) is 14.9 Å². The largest absolute Gasteiger partial charge is 0.378 e. The third-order valence-electron chi connectivity index (χ3n) is 4.30. The van der Waals surface area contributed by atoms with Crippen molar-refractivity contribution in [2.45, 2.75) is 24.2 Å². The minimum Gasteiger partial charge on any atom is -0.378 e. The molecule has 0 atom stereocenters. The number of amides is 1. The molecular weight excluding hydrogens is 350 g/mol. The number of rotatable bonds is 8. The number of thioether (sulfide) groups is 1. The van der Waals surface area contributed by atoms with Crippen LogP contribution in [0.15, 0.2) is 47.4 Å². The molecule has 7 heteroatoms. The van der Waals surface area contributed by atoms with Crippen molar-refractivity contribution in [3.8, 4) is 0 Å². The van der Waals surface area contributed by atoms with E-state index in [-0.39, 0.29) is 11.6 Å². The lowest BCUT2D eigenvalue weighted by atomic mass is 10.1. The molecule has 0 unspecified atom stereocenters. The number of nitrogens with one attached hydrogen (secondary N) is 2. The number of nitro groups is 1. The van der Waals surface area contributed by atoms with Crippen LogP contribution in [0, 0.1) is 10.1 Å². The van der Waals surface area contributed by atoms with Crippen LogP contribution < -0.4 is 10.6 Å². The van der Waals surface area contributed by atoms with E-state index < -0.39 is 4.92 Å². The highest BCUT2D eigenvalue weighted by Gasteiger charge is 2.12. The monoisotopic (exact) mass is 371 g/mol. The Morgan fingerprint density at radius 1 is 1.12 bits per heavy atom. The predicted octanol–water partition coefficient (Wildman–Crippen LogP) is 3.40. The van der Waals surface area contributed by atoms with Gasteiger partial charge < -0.3 is 10.6 Å². The standard InChI is InChI=1S/C19H21N3O3S/c23-19(13-26-16-9-8-14-4-3-5-15(14)12-16)21-11-10-20-17-6-1-2-7-18(17)22(24)25/h1-2,6-9,12,20H,3-5,10-11,13H2,(H,21,23). The van der Waals surface area contributed by atoms with Crippen LogP contribution in [0.3, 0.4) is 0 Å². The molecule has 1 amide bonds. The van der Waals surface area contributed by atoms with Crippen LogP contribution in [0.1, 0.15) is 17.5 Å². The molecule has 2 aromatic carbocycles. The summed E-state index contributed by atoms with van der Waals surface area (Å²) in [5, 5.41) is 16.8. The smallest absolute Gasteiger partial charge is 0.292 e. The fourth-order valence-corrected chi connectivity index (χ4v) is 3.81. The Kier molecular flexibility index (Phi) is 6.12. The molecule has 0 fully saturated rings. The summed E-state index contributed by atoms with van der Waals surface area (Å²) in [6, 6.07) is 12.9. The first-order chi connectivity index (χ1) is 12.6. The maximum Gasteiger partial charge on any atom is 0.292 e. The zero-order valence-corrected chi connectivity index (χ0v) is 15.2. The number of aryl methyl sites for hydroxylation is 2. The highest BCUT2D eigenvalue weighted by atomic mass is 32.2. The molecule has 3 rings (SSSR count). The van der Waals surface area contributed by atoms with Gasteiger partial charge in [0.15, 0.2) is 0 Å². The van der Waals surface area contributed by atoms with Gasteiger partial charge in [-0.3, -0.25) is 14.9 Å². The number of carbonyl (C=O) groups excluding carboxylic acids is 1. The Hall–Kier alpha value is -2.54. The quantitative estimate of drug-likeness (QED) is 0.322. The lowest BCUT2D eigenvalue weighted by Crippen LogP contribution is -2.30. The average molecular weight is 371 g/mol. The van der Waals surface area contributed by atoms with Crippen LogP contribution in [0.4, 0.5) is 11.4 Å². The van der Waals surface area contributed by atoms with Gasteiger partial charge in [0, 0.05) is 24.1 Å². The minimum atomic E-state index is -0.422. The third-order valence-corrected chi connectivity index (χ3v) is 5.30. The fraction of sp³-hybridized carbons (Fsp3) is 0.316. The van der Waals surface area contributed by atoms with E-state index in [4.69, 9.17) is 0 Å². The van der Waals surface area contributed by atoms with Crippen molar-refractivity contribution in [1.29, 1.82) is 0 Å². The summed E-state index contributed by atoms with van der Waals surface area (Å²) in [5.74, 6) is 0.324. The highest BCUT2D eigenvalue weighted by molar-refractivity contribution is 8.00. The van der Waals surface area contributed by atoms with Gasteiger partial charge in [-0.05, 0) is 48.6 Å². The number of benzene rings is 2. The van der Waals surface area contributed by atoms with Crippen LogP contribution in [-0.4, -0.2) is 29.7 Å². The second kappa shape index (κ2) is 8.71. The number of nitrogens with zero attached hydrogens (tertiary/aromatic N) is 1. The summed E-state index contributed by atoms with van der Waals surface area (Å²) >= 11 is 1.53. The molecule has 1 aliphatic rings. The molecule has 0 bridgehead atoms. The number of anilines is 1. The third kappa shape index (κ3) is 4.76. The Morgan fingerprint density at radius 2 is 1.92 bits per heavy atom. The van der Waals surface area contributed by atoms with Crippen LogP contribution in [0.2, 0.25) is 0 Å². The predicted molar refractivity (Wildman–Crippen MR) is 104 cm³/mol. The van der Waals surface area contributed by atoms with E-state index >= 15 is 0 Å². The molecule has 0 radical (unpaired) electrons. The molecule has 136 valence electrons. The SMILES string of the molecule is O=C(CSc1ccc2c(c1)CCC2)NCCNc1ccccc1[N+](=O)[O-]. The van der Waals surface area contributed by atoms with Crippen molar-refractivity contribution in [3.05, 3.63) is 63.7 Å². The number of hydrogen-bond acceptors (Lipinski definition) is 5. The molecule has 0 spiro atoms. The van der Waals surface area contributed by atoms with Gasteiger partial charge in [0.05, 0.1) is 10.7 Å². The van der Waals surface area contributed by atoms with Crippen molar-refractivity contribution in [1.82, 2.24) is 5.32 Å². The second-order valence-electron chi connectivity index (χ2n) is 6.12. The van der Waals surface area contributed by atoms with Crippen molar-refractivity contribution in [2.75, 3.05) is 24.2 Å². The van der Waals surface area contributed by atoms with Gasteiger partial charge in [-0.25, -0.2) is 0 Å². The van der Waals surface area contributed by atoms with Crippen LogP contribution in [0.25, 0.3) is 0 Å². The first-order valence-corrected chi connectivity index (χ1v) is 9.60. The zero-order chi connectivity index (χ0) is 18.4. The Balaban J connectivity index is 1.39. The maximum absolute atomic E-state index is 12.0. The number of nitro benzene ring substituents is 1. The van der Waals surface area contributed by atoms with E-state index in [0.717, 1.165) is 17.7 Å². The van der Waals surface area contributed by atoms with E-state index in [1.807, 2.05) is 0 Å². The Labute approximate surface area is 156 Å². The number of carbonyl (C=O) groups is 1. The number of fused-ring (bicyclic) bond motifs is 1. The maximum atomic E-state index is 12.0.